The highest BCUT2D eigenvalue weighted by Crippen LogP contribution is 2.25. The van der Waals surface area contributed by atoms with E-state index in [-0.39, 0.29) is 12.3 Å². The third-order valence-electron chi connectivity index (χ3n) is 2.46. The Morgan fingerprint density at radius 2 is 2.33 bits per heavy atom. The second-order valence-electron chi connectivity index (χ2n) is 3.47. The average molecular weight is 213 g/mol. The van der Waals surface area contributed by atoms with Crippen LogP contribution in [0.5, 0.6) is 0 Å². The van der Waals surface area contributed by atoms with E-state index >= 15 is 0 Å². The van der Waals surface area contributed by atoms with Crippen LogP contribution in [0.3, 0.4) is 0 Å². The van der Waals surface area contributed by atoms with Gasteiger partial charge in [0.1, 0.15) is 5.84 Å². The molecule has 0 aliphatic carbocycles. The summed E-state index contributed by atoms with van der Waals surface area (Å²) in [6.07, 6.45) is 2.68. The van der Waals surface area contributed by atoms with Gasteiger partial charge in [0.25, 0.3) is 5.54 Å². The summed E-state index contributed by atoms with van der Waals surface area (Å²) >= 11 is 0. The molecular formula is C8H15N5O2. The molecule has 0 spiro atoms. The first kappa shape index (κ1) is 11.6. The quantitative estimate of drug-likeness (QED) is 0.404. The molecule has 1 aliphatic heterocycles. The Morgan fingerprint density at radius 3 is 2.80 bits per heavy atom. The largest absolute Gasteiger partial charge is 0.384 e. The fraction of sp³-hybridized carbons (Fsp3) is 0.625. The van der Waals surface area contributed by atoms with Gasteiger partial charge >= 0.3 is 0 Å². The SMILES string of the molecule is NCCCC1([N+](=O)[O-])C=CC(N)=NC1N. The van der Waals surface area contributed by atoms with Crippen molar-refractivity contribution in [2.24, 2.45) is 22.2 Å². The van der Waals surface area contributed by atoms with Crippen LogP contribution < -0.4 is 17.2 Å². The van der Waals surface area contributed by atoms with E-state index < -0.39 is 16.6 Å². The Balaban J connectivity index is 2.93. The van der Waals surface area contributed by atoms with Crippen LogP contribution in [0.4, 0.5) is 0 Å². The highest BCUT2D eigenvalue weighted by atomic mass is 16.6. The molecule has 0 saturated carbocycles. The fourth-order valence-corrected chi connectivity index (χ4v) is 1.52. The first-order chi connectivity index (χ1) is 7.03. The number of amidine groups is 1. The minimum atomic E-state index is -1.36. The summed E-state index contributed by atoms with van der Waals surface area (Å²) in [5, 5.41) is 11.0. The molecule has 0 aromatic carbocycles. The Morgan fingerprint density at radius 1 is 1.67 bits per heavy atom. The molecular weight excluding hydrogens is 198 g/mol. The van der Waals surface area contributed by atoms with E-state index in [0.29, 0.717) is 13.0 Å². The van der Waals surface area contributed by atoms with Crippen LogP contribution in [0.1, 0.15) is 12.8 Å². The molecule has 7 nitrogen and oxygen atoms in total. The lowest BCUT2D eigenvalue weighted by molar-refractivity contribution is -0.560. The van der Waals surface area contributed by atoms with E-state index in [1.807, 2.05) is 0 Å². The van der Waals surface area contributed by atoms with Gasteiger partial charge in [-0.05, 0) is 25.1 Å². The fourth-order valence-electron chi connectivity index (χ4n) is 1.52. The lowest BCUT2D eigenvalue weighted by atomic mass is 9.89. The number of hydrogen-bond donors (Lipinski definition) is 3. The maximum Gasteiger partial charge on any atom is 0.275 e. The average Bonchev–Trinajstić information content (AvgIpc) is 2.16. The molecule has 15 heavy (non-hydrogen) atoms. The molecule has 2 atom stereocenters. The summed E-state index contributed by atoms with van der Waals surface area (Å²) in [6, 6.07) is 0. The van der Waals surface area contributed by atoms with Crippen LogP contribution in [0, 0.1) is 10.1 Å². The normalized spacial score (nSPS) is 30.0. The van der Waals surface area contributed by atoms with Crippen LogP contribution in [0.2, 0.25) is 0 Å². The van der Waals surface area contributed by atoms with Crippen molar-refractivity contribution in [3.63, 3.8) is 0 Å². The maximum absolute atomic E-state index is 11.0. The Kier molecular flexibility index (Phi) is 3.38. The molecule has 0 aromatic heterocycles. The smallest absolute Gasteiger partial charge is 0.275 e. The molecule has 2 unspecified atom stereocenters. The van der Waals surface area contributed by atoms with Gasteiger partial charge in [-0.3, -0.25) is 10.1 Å². The lowest BCUT2D eigenvalue weighted by Gasteiger charge is -2.27. The summed E-state index contributed by atoms with van der Waals surface area (Å²) in [4.78, 5) is 14.4. The van der Waals surface area contributed by atoms with Gasteiger partial charge < -0.3 is 17.2 Å². The van der Waals surface area contributed by atoms with Gasteiger partial charge in [-0.1, -0.05) is 0 Å². The van der Waals surface area contributed by atoms with Crippen LogP contribution in [0.15, 0.2) is 17.1 Å². The summed E-state index contributed by atoms with van der Waals surface area (Å²) in [6.45, 7) is 0.384. The van der Waals surface area contributed by atoms with Gasteiger partial charge in [-0.2, -0.15) is 0 Å². The number of hydrogen-bond acceptors (Lipinski definition) is 6. The molecule has 6 N–H and O–H groups in total. The third-order valence-corrected chi connectivity index (χ3v) is 2.46. The predicted molar refractivity (Wildman–Crippen MR) is 56.8 cm³/mol. The van der Waals surface area contributed by atoms with Gasteiger partial charge in [-0.25, -0.2) is 4.99 Å². The van der Waals surface area contributed by atoms with Crippen molar-refractivity contribution in [3.05, 3.63) is 22.3 Å². The zero-order valence-corrected chi connectivity index (χ0v) is 8.30. The number of aliphatic imine (C=N–C) groups is 1. The third kappa shape index (κ3) is 2.13. The van der Waals surface area contributed by atoms with Crippen LogP contribution in [-0.4, -0.2) is 29.0 Å². The molecule has 0 saturated heterocycles. The molecule has 7 heteroatoms. The van der Waals surface area contributed by atoms with Crippen molar-refractivity contribution < 1.29 is 4.92 Å². The van der Waals surface area contributed by atoms with Crippen molar-refractivity contribution >= 4 is 5.84 Å². The Labute approximate surface area is 87.2 Å². The summed E-state index contributed by atoms with van der Waals surface area (Å²) in [5.41, 5.74) is 15.0. The minimum absolute atomic E-state index is 0.215. The molecule has 0 aromatic rings. The van der Waals surface area contributed by atoms with Crippen molar-refractivity contribution in [2.45, 2.75) is 24.5 Å². The number of nitro groups is 1. The van der Waals surface area contributed by atoms with E-state index in [9.17, 15) is 10.1 Å². The number of nitrogens with zero attached hydrogens (tertiary/aromatic N) is 2. The van der Waals surface area contributed by atoms with Crippen molar-refractivity contribution in [1.29, 1.82) is 0 Å². The van der Waals surface area contributed by atoms with Crippen LogP contribution in [0.25, 0.3) is 0 Å². The highest BCUT2D eigenvalue weighted by Gasteiger charge is 2.47. The topological polar surface area (TPSA) is 134 Å². The predicted octanol–water partition coefficient (Wildman–Crippen LogP) is -1.05. The summed E-state index contributed by atoms with van der Waals surface area (Å²) in [7, 11) is 0. The summed E-state index contributed by atoms with van der Waals surface area (Å²) in [5.74, 6) is 0.215. The van der Waals surface area contributed by atoms with Gasteiger partial charge in [0, 0.05) is 11.3 Å². The van der Waals surface area contributed by atoms with E-state index in [4.69, 9.17) is 17.2 Å². The highest BCUT2D eigenvalue weighted by molar-refractivity contribution is 5.92. The van der Waals surface area contributed by atoms with E-state index in [1.165, 1.54) is 12.2 Å². The molecule has 1 rings (SSSR count). The Bertz CT molecular complexity index is 314. The maximum atomic E-state index is 11.0. The second kappa shape index (κ2) is 4.37. The summed E-state index contributed by atoms with van der Waals surface area (Å²) < 4.78 is 0. The second-order valence-corrected chi connectivity index (χ2v) is 3.47. The Hall–Kier alpha value is -1.47. The lowest BCUT2D eigenvalue weighted by Crippen LogP contribution is -2.54. The van der Waals surface area contributed by atoms with Gasteiger partial charge in [-0.15, -0.1) is 0 Å². The van der Waals surface area contributed by atoms with Crippen molar-refractivity contribution in [1.82, 2.24) is 0 Å². The monoisotopic (exact) mass is 213 g/mol. The molecule has 1 heterocycles. The van der Waals surface area contributed by atoms with Crippen molar-refractivity contribution in [2.75, 3.05) is 6.54 Å². The molecule has 1 aliphatic rings. The van der Waals surface area contributed by atoms with Gasteiger partial charge in [0.05, 0.1) is 0 Å². The number of nitrogens with two attached hydrogens (primary N) is 3. The zero-order chi connectivity index (χ0) is 11.5. The minimum Gasteiger partial charge on any atom is -0.384 e. The van der Waals surface area contributed by atoms with Crippen molar-refractivity contribution in [3.8, 4) is 0 Å². The van der Waals surface area contributed by atoms with Crippen LogP contribution in [-0.2, 0) is 0 Å². The van der Waals surface area contributed by atoms with E-state index in [2.05, 4.69) is 4.99 Å². The van der Waals surface area contributed by atoms with Gasteiger partial charge in [0.15, 0.2) is 6.17 Å². The zero-order valence-electron chi connectivity index (χ0n) is 8.30. The molecule has 0 radical (unpaired) electrons. The standard InChI is InChI=1S/C8H15N5O2/c9-5-1-3-8(13(14)15)4-2-6(10)12-7(8)11/h2,4,7H,1,3,5,9,11H2,(H2,10,12). The molecule has 84 valence electrons. The molecule has 0 fully saturated rings. The van der Waals surface area contributed by atoms with Gasteiger partial charge in [0.2, 0.25) is 0 Å². The van der Waals surface area contributed by atoms with E-state index in [1.54, 1.807) is 0 Å². The first-order valence-electron chi connectivity index (χ1n) is 4.65. The number of rotatable bonds is 4. The first-order valence-corrected chi connectivity index (χ1v) is 4.65. The molecule has 0 bridgehead atoms. The number of dihydropyridines is 1. The molecule has 0 amide bonds. The van der Waals surface area contributed by atoms with E-state index in [0.717, 1.165) is 0 Å². The van der Waals surface area contributed by atoms with Crippen LogP contribution >= 0.6 is 0 Å².